The van der Waals surface area contributed by atoms with E-state index in [1.807, 2.05) is 0 Å². The predicted octanol–water partition coefficient (Wildman–Crippen LogP) is -2.81. The normalized spacial score (nSPS) is 38.1. The molecule has 1 fully saturated rings. The number of ether oxygens (including phenoxy) is 2. The van der Waals surface area contributed by atoms with Gasteiger partial charge in [-0.1, -0.05) is 5.92 Å². The van der Waals surface area contributed by atoms with Crippen LogP contribution in [0.25, 0.3) is 0 Å². The third kappa shape index (κ3) is 3.63. The number of hydrogen-bond acceptors (Lipinski definition) is 7. The first-order valence-corrected chi connectivity index (χ1v) is 5.57. The largest absolute Gasteiger partial charge is 0.394 e. The van der Waals surface area contributed by atoms with Gasteiger partial charge in [0.25, 0.3) is 0 Å². The molecular weight excluding hydrogens is 244 g/mol. The van der Waals surface area contributed by atoms with Crippen LogP contribution in [0.4, 0.5) is 0 Å². The Hall–Kier alpha value is -0.720. The van der Waals surface area contributed by atoms with Crippen molar-refractivity contribution in [3.8, 4) is 12.3 Å². The van der Waals surface area contributed by atoms with Crippen molar-refractivity contribution in [2.24, 2.45) is 0 Å². The van der Waals surface area contributed by atoms with Gasteiger partial charge in [0.1, 0.15) is 30.5 Å². The Kier molecular flexibility index (Phi) is 5.98. The molecule has 5 N–H and O–H groups in total. The minimum atomic E-state index is -1.47. The van der Waals surface area contributed by atoms with Gasteiger partial charge in [-0.25, -0.2) is 0 Å². The average molecular weight is 262 g/mol. The van der Waals surface area contributed by atoms with E-state index < -0.39 is 43.4 Å². The van der Waals surface area contributed by atoms with Gasteiger partial charge in [0.05, 0.1) is 13.2 Å². The number of aliphatic hydroxyl groups is 5. The molecule has 0 aromatic heterocycles. The molecule has 7 nitrogen and oxygen atoms in total. The van der Waals surface area contributed by atoms with Gasteiger partial charge in [-0.15, -0.1) is 6.42 Å². The Morgan fingerprint density at radius 3 is 2.44 bits per heavy atom. The van der Waals surface area contributed by atoms with Gasteiger partial charge < -0.3 is 35.0 Å². The third-order valence-corrected chi connectivity index (χ3v) is 2.71. The smallest absolute Gasteiger partial charge is 0.186 e. The zero-order valence-electron chi connectivity index (χ0n) is 9.72. The third-order valence-electron chi connectivity index (χ3n) is 2.71. The van der Waals surface area contributed by atoms with Gasteiger partial charge in [-0.2, -0.15) is 0 Å². The number of hydrogen-bond donors (Lipinski definition) is 5. The lowest BCUT2D eigenvalue weighted by Crippen LogP contribution is -2.59. The molecule has 104 valence electrons. The van der Waals surface area contributed by atoms with Crippen molar-refractivity contribution in [3.05, 3.63) is 0 Å². The van der Waals surface area contributed by atoms with E-state index >= 15 is 0 Å². The second-order valence-corrected chi connectivity index (χ2v) is 4.04. The van der Waals surface area contributed by atoms with E-state index in [1.165, 1.54) is 0 Å². The predicted molar refractivity (Wildman–Crippen MR) is 59.2 cm³/mol. The lowest BCUT2D eigenvalue weighted by Gasteiger charge is -2.39. The van der Waals surface area contributed by atoms with E-state index in [4.69, 9.17) is 26.1 Å². The highest BCUT2D eigenvalue weighted by Crippen LogP contribution is 2.21. The maximum Gasteiger partial charge on any atom is 0.186 e. The minimum absolute atomic E-state index is 0.00799. The summed E-state index contributed by atoms with van der Waals surface area (Å²) in [5.74, 6) is 2.09. The lowest BCUT2D eigenvalue weighted by atomic mass is 9.99. The minimum Gasteiger partial charge on any atom is -0.394 e. The van der Waals surface area contributed by atoms with Crippen molar-refractivity contribution in [1.82, 2.24) is 0 Å². The van der Waals surface area contributed by atoms with Gasteiger partial charge in [0.2, 0.25) is 0 Å². The van der Waals surface area contributed by atoms with Gasteiger partial charge in [-0.3, -0.25) is 0 Å². The van der Waals surface area contributed by atoms with Crippen molar-refractivity contribution >= 4 is 0 Å². The Morgan fingerprint density at radius 2 is 1.89 bits per heavy atom. The molecule has 1 saturated heterocycles. The van der Waals surface area contributed by atoms with Gasteiger partial charge in [-0.05, 0) is 0 Å². The Balaban J connectivity index is 2.47. The fourth-order valence-corrected chi connectivity index (χ4v) is 1.58. The Morgan fingerprint density at radius 1 is 1.22 bits per heavy atom. The van der Waals surface area contributed by atoms with Crippen LogP contribution in [-0.4, -0.2) is 75.6 Å². The van der Waals surface area contributed by atoms with Crippen LogP contribution < -0.4 is 0 Å². The van der Waals surface area contributed by atoms with Crippen molar-refractivity contribution in [3.63, 3.8) is 0 Å². The van der Waals surface area contributed by atoms with Crippen molar-refractivity contribution in [1.29, 1.82) is 0 Å². The molecule has 1 unspecified atom stereocenters. The molecule has 0 aliphatic carbocycles. The zero-order valence-corrected chi connectivity index (χ0v) is 9.72. The summed E-state index contributed by atoms with van der Waals surface area (Å²) >= 11 is 0. The van der Waals surface area contributed by atoms with E-state index in [2.05, 4.69) is 5.92 Å². The molecule has 1 heterocycles. The SMILES string of the molecule is C#CC(O)CCO[C@@H]1O[C@H](CO)[C@@H](O)[C@@H](O)[C@H]1O. The molecule has 0 spiro atoms. The topological polar surface area (TPSA) is 120 Å². The molecule has 6 atom stereocenters. The summed E-state index contributed by atoms with van der Waals surface area (Å²) in [5.41, 5.74) is 0. The Bertz CT molecular complexity index is 288. The van der Waals surface area contributed by atoms with E-state index in [0.717, 1.165) is 0 Å². The number of rotatable bonds is 5. The monoisotopic (exact) mass is 262 g/mol. The van der Waals surface area contributed by atoms with Crippen LogP contribution in [0.15, 0.2) is 0 Å². The second-order valence-electron chi connectivity index (χ2n) is 4.04. The average Bonchev–Trinajstić information content (AvgIpc) is 2.38. The standard InChI is InChI=1S/C11H18O7/c1-2-6(13)3-4-17-11-10(16)9(15)8(14)7(5-12)18-11/h1,6-16H,3-5H2/t6?,7-,8-,9-,10-,11-/m1/s1. The molecule has 0 bridgehead atoms. The maximum absolute atomic E-state index is 9.60. The molecule has 0 aromatic carbocycles. The van der Waals surface area contributed by atoms with Crippen LogP contribution in [0.3, 0.4) is 0 Å². The molecule has 1 aliphatic rings. The molecule has 1 aliphatic heterocycles. The van der Waals surface area contributed by atoms with Crippen LogP contribution in [-0.2, 0) is 9.47 Å². The number of terminal acetylenes is 1. The van der Waals surface area contributed by atoms with Gasteiger partial charge >= 0.3 is 0 Å². The highest BCUT2D eigenvalue weighted by molar-refractivity contribution is 4.93. The fraction of sp³-hybridized carbons (Fsp3) is 0.818. The highest BCUT2D eigenvalue weighted by atomic mass is 16.7. The van der Waals surface area contributed by atoms with Crippen LogP contribution in [0, 0.1) is 12.3 Å². The summed E-state index contributed by atoms with van der Waals surface area (Å²) < 4.78 is 10.2. The second kappa shape index (κ2) is 7.01. The van der Waals surface area contributed by atoms with Crippen LogP contribution in [0.5, 0.6) is 0 Å². The molecule has 18 heavy (non-hydrogen) atoms. The van der Waals surface area contributed by atoms with Gasteiger partial charge in [0.15, 0.2) is 6.29 Å². The summed E-state index contributed by atoms with van der Waals surface area (Å²) in [4.78, 5) is 0. The summed E-state index contributed by atoms with van der Waals surface area (Å²) in [7, 11) is 0. The van der Waals surface area contributed by atoms with Crippen LogP contribution >= 0.6 is 0 Å². The first-order valence-electron chi connectivity index (χ1n) is 5.57. The van der Waals surface area contributed by atoms with Crippen LogP contribution in [0.2, 0.25) is 0 Å². The highest BCUT2D eigenvalue weighted by Gasteiger charge is 2.43. The van der Waals surface area contributed by atoms with Crippen molar-refractivity contribution in [2.45, 2.75) is 43.2 Å². The van der Waals surface area contributed by atoms with E-state index in [-0.39, 0.29) is 13.0 Å². The summed E-state index contributed by atoms with van der Waals surface area (Å²) in [6, 6.07) is 0. The summed E-state index contributed by atoms with van der Waals surface area (Å²) in [6.45, 7) is -0.508. The van der Waals surface area contributed by atoms with E-state index in [0.29, 0.717) is 0 Å². The van der Waals surface area contributed by atoms with Crippen molar-refractivity contribution in [2.75, 3.05) is 13.2 Å². The lowest BCUT2D eigenvalue weighted by molar-refractivity contribution is -0.301. The quantitative estimate of drug-likeness (QED) is 0.339. The molecule has 0 amide bonds. The molecule has 1 rings (SSSR count). The van der Waals surface area contributed by atoms with E-state index in [9.17, 15) is 15.3 Å². The summed E-state index contributed by atoms with van der Waals surface area (Å²) in [5, 5.41) is 46.6. The number of aliphatic hydroxyl groups excluding tert-OH is 5. The molecule has 7 heteroatoms. The first kappa shape index (κ1) is 15.3. The van der Waals surface area contributed by atoms with Crippen molar-refractivity contribution < 1.29 is 35.0 Å². The maximum atomic E-state index is 9.60. The van der Waals surface area contributed by atoms with Crippen LogP contribution in [0.1, 0.15) is 6.42 Å². The molecule has 0 aromatic rings. The first-order chi connectivity index (χ1) is 8.51. The fourth-order valence-electron chi connectivity index (χ4n) is 1.58. The molecule has 0 radical (unpaired) electrons. The van der Waals surface area contributed by atoms with E-state index in [1.54, 1.807) is 0 Å². The molecular formula is C11H18O7. The molecule has 0 saturated carbocycles. The van der Waals surface area contributed by atoms with Gasteiger partial charge in [0, 0.05) is 6.42 Å². The zero-order chi connectivity index (χ0) is 13.7. The Labute approximate surface area is 105 Å². The summed E-state index contributed by atoms with van der Waals surface area (Å²) in [6.07, 6.45) is -2.38.